The Morgan fingerprint density at radius 1 is 1.06 bits per heavy atom. The van der Waals surface area contributed by atoms with Gasteiger partial charge < -0.3 is 5.11 Å². The largest absolute Gasteiger partial charge is 0.381 e. The van der Waals surface area contributed by atoms with Crippen molar-refractivity contribution in [2.24, 2.45) is 0 Å². The molecular weight excluding hydrogens is 198 g/mol. The fourth-order valence-corrected chi connectivity index (χ4v) is 1.88. The molecule has 0 amide bonds. The van der Waals surface area contributed by atoms with Gasteiger partial charge in [0.15, 0.2) is 0 Å². The summed E-state index contributed by atoms with van der Waals surface area (Å²) in [7, 11) is 0. The second kappa shape index (κ2) is 5.10. The molecule has 16 heavy (non-hydrogen) atoms. The minimum atomic E-state index is 0.0484. The zero-order valence-electron chi connectivity index (χ0n) is 9.53. The second-order valence-corrected chi connectivity index (χ2v) is 4.09. The highest BCUT2D eigenvalue weighted by atomic mass is 16.3. The fourth-order valence-electron chi connectivity index (χ4n) is 1.88. The van der Waals surface area contributed by atoms with Crippen LogP contribution in [0.15, 0.2) is 36.4 Å². The predicted octanol–water partition coefficient (Wildman–Crippen LogP) is 2.23. The topological polar surface area (TPSA) is 32.3 Å². The molecule has 0 aromatic heterocycles. The van der Waals surface area contributed by atoms with Crippen LogP contribution in [0.5, 0.6) is 0 Å². The van der Waals surface area contributed by atoms with Gasteiger partial charge >= 0.3 is 0 Å². The quantitative estimate of drug-likeness (QED) is 0.605. The number of nitrogens with one attached hydrogen (secondary N) is 1. The summed E-state index contributed by atoms with van der Waals surface area (Å²) in [5, 5.41) is 14.1. The summed E-state index contributed by atoms with van der Waals surface area (Å²) in [5.74, 6) is 0. The van der Waals surface area contributed by atoms with Gasteiger partial charge in [-0.05, 0) is 29.7 Å². The van der Waals surface area contributed by atoms with E-state index in [1.807, 2.05) is 0 Å². The molecule has 0 aliphatic carbocycles. The normalized spacial score (nSPS) is 10.9. The first kappa shape index (κ1) is 11.1. The van der Waals surface area contributed by atoms with Gasteiger partial charge in [0, 0.05) is 6.54 Å². The van der Waals surface area contributed by atoms with Crippen LogP contribution in [0.3, 0.4) is 0 Å². The average molecular weight is 215 g/mol. The van der Waals surface area contributed by atoms with Crippen LogP contribution in [-0.4, -0.2) is 18.4 Å². The van der Waals surface area contributed by atoms with Crippen molar-refractivity contribution < 1.29 is 5.11 Å². The zero-order chi connectivity index (χ0) is 11.4. The molecule has 2 aromatic rings. The van der Waals surface area contributed by atoms with Crippen molar-refractivity contribution in [1.82, 2.24) is 5.32 Å². The van der Waals surface area contributed by atoms with Gasteiger partial charge in [-0.25, -0.2) is 0 Å². The van der Waals surface area contributed by atoms with E-state index in [0.29, 0.717) is 0 Å². The first-order valence-corrected chi connectivity index (χ1v) is 5.60. The smallest absolute Gasteiger partial charge is 0.0931 e. The summed E-state index contributed by atoms with van der Waals surface area (Å²) >= 11 is 0. The van der Waals surface area contributed by atoms with Gasteiger partial charge in [0.25, 0.3) is 0 Å². The van der Waals surface area contributed by atoms with Gasteiger partial charge in [0.1, 0.15) is 0 Å². The highest BCUT2D eigenvalue weighted by Crippen LogP contribution is 2.17. The Labute approximate surface area is 95.9 Å². The number of rotatable bonds is 4. The minimum absolute atomic E-state index is 0.0484. The molecule has 0 heterocycles. The first-order chi connectivity index (χ1) is 7.79. The Kier molecular flexibility index (Phi) is 3.54. The first-order valence-electron chi connectivity index (χ1n) is 5.60. The third-order valence-electron chi connectivity index (χ3n) is 2.76. The van der Waals surface area contributed by atoms with Gasteiger partial charge in [-0.1, -0.05) is 42.0 Å². The number of benzene rings is 2. The van der Waals surface area contributed by atoms with Crippen molar-refractivity contribution in [3.05, 3.63) is 47.5 Å². The van der Waals surface area contributed by atoms with Crippen LogP contribution < -0.4 is 5.32 Å². The molecule has 0 bridgehead atoms. The summed E-state index contributed by atoms with van der Waals surface area (Å²) in [4.78, 5) is 0. The van der Waals surface area contributed by atoms with Gasteiger partial charge in [-0.3, -0.25) is 5.32 Å². The number of aryl methyl sites for hydroxylation is 1. The molecule has 2 aromatic carbocycles. The molecule has 0 saturated carbocycles. The molecule has 0 saturated heterocycles. The summed E-state index contributed by atoms with van der Waals surface area (Å²) in [6.07, 6.45) is 0.949. The fraction of sp³-hybridized carbons (Fsp3) is 0.286. The number of hydrogen-bond acceptors (Lipinski definition) is 2. The number of aliphatic hydroxyl groups is 1. The Balaban J connectivity index is 2.20. The third kappa shape index (κ3) is 2.60. The van der Waals surface area contributed by atoms with E-state index < -0.39 is 0 Å². The van der Waals surface area contributed by atoms with Crippen molar-refractivity contribution in [3.8, 4) is 0 Å². The van der Waals surface area contributed by atoms with Gasteiger partial charge in [-0.15, -0.1) is 0 Å². The Bertz CT molecular complexity index is 479. The van der Waals surface area contributed by atoms with Crippen LogP contribution in [0.1, 0.15) is 11.1 Å². The predicted molar refractivity (Wildman–Crippen MR) is 67.5 cm³/mol. The summed E-state index contributed by atoms with van der Waals surface area (Å²) < 4.78 is 0. The van der Waals surface area contributed by atoms with E-state index in [0.717, 1.165) is 13.0 Å². The van der Waals surface area contributed by atoms with Crippen molar-refractivity contribution in [2.75, 3.05) is 13.3 Å². The lowest BCUT2D eigenvalue weighted by Gasteiger charge is -2.05. The SMILES string of the molecule is Cc1ccc2cc(CCNCO)ccc2c1. The van der Waals surface area contributed by atoms with Crippen molar-refractivity contribution in [1.29, 1.82) is 0 Å². The highest BCUT2D eigenvalue weighted by Gasteiger charge is 1.97. The van der Waals surface area contributed by atoms with Gasteiger partial charge in [-0.2, -0.15) is 0 Å². The monoisotopic (exact) mass is 215 g/mol. The average Bonchev–Trinajstić information content (AvgIpc) is 2.29. The van der Waals surface area contributed by atoms with E-state index in [1.54, 1.807) is 0 Å². The summed E-state index contributed by atoms with van der Waals surface area (Å²) in [6, 6.07) is 13.0. The van der Waals surface area contributed by atoms with Gasteiger partial charge in [0.2, 0.25) is 0 Å². The molecule has 0 radical (unpaired) electrons. The Hall–Kier alpha value is -1.38. The van der Waals surface area contributed by atoms with Crippen molar-refractivity contribution in [3.63, 3.8) is 0 Å². The molecule has 2 rings (SSSR count). The maximum Gasteiger partial charge on any atom is 0.0931 e. The Morgan fingerprint density at radius 3 is 2.62 bits per heavy atom. The van der Waals surface area contributed by atoms with Crippen LogP contribution >= 0.6 is 0 Å². The van der Waals surface area contributed by atoms with E-state index in [2.05, 4.69) is 48.6 Å². The summed E-state index contributed by atoms with van der Waals surface area (Å²) in [6.45, 7) is 2.97. The highest BCUT2D eigenvalue weighted by molar-refractivity contribution is 5.83. The van der Waals surface area contributed by atoms with Crippen LogP contribution in [0.4, 0.5) is 0 Å². The van der Waals surface area contributed by atoms with Crippen LogP contribution in [0.25, 0.3) is 10.8 Å². The number of aliphatic hydroxyl groups excluding tert-OH is 1. The molecule has 0 unspecified atom stereocenters. The standard InChI is InChI=1S/C14H17NO/c1-11-2-4-14-9-12(6-7-15-10-16)3-5-13(14)8-11/h2-5,8-9,15-16H,6-7,10H2,1H3. The maximum atomic E-state index is 8.64. The third-order valence-corrected chi connectivity index (χ3v) is 2.76. The number of fused-ring (bicyclic) bond motifs is 1. The molecule has 0 spiro atoms. The minimum Gasteiger partial charge on any atom is -0.381 e. The van der Waals surface area contributed by atoms with E-state index in [4.69, 9.17) is 5.11 Å². The van der Waals surface area contributed by atoms with E-state index in [9.17, 15) is 0 Å². The molecule has 84 valence electrons. The van der Waals surface area contributed by atoms with Crippen molar-refractivity contribution in [2.45, 2.75) is 13.3 Å². The lowest BCUT2D eigenvalue weighted by atomic mass is 10.0. The molecule has 2 heteroatoms. The lowest BCUT2D eigenvalue weighted by molar-refractivity contribution is 0.262. The van der Waals surface area contributed by atoms with Crippen molar-refractivity contribution >= 4 is 10.8 Å². The Morgan fingerprint density at radius 2 is 1.81 bits per heavy atom. The van der Waals surface area contributed by atoms with E-state index in [-0.39, 0.29) is 6.73 Å². The van der Waals surface area contributed by atoms with Crippen LogP contribution in [0, 0.1) is 6.92 Å². The maximum absolute atomic E-state index is 8.64. The molecule has 0 aliphatic heterocycles. The molecular formula is C14H17NO. The summed E-state index contributed by atoms with van der Waals surface area (Å²) in [5.41, 5.74) is 2.60. The second-order valence-electron chi connectivity index (χ2n) is 4.09. The van der Waals surface area contributed by atoms with E-state index >= 15 is 0 Å². The molecule has 2 nitrogen and oxygen atoms in total. The van der Waals surface area contributed by atoms with Crippen LogP contribution in [-0.2, 0) is 6.42 Å². The lowest BCUT2D eigenvalue weighted by Crippen LogP contribution is -2.17. The molecule has 0 atom stereocenters. The van der Waals surface area contributed by atoms with Crippen LogP contribution in [0.2, 0.25) is 0 Å². The molecule has 0 aliphatic rings. The molecule has 2 N–H and O–H groups in total. The number of hydrogen-bond donors (Lipinski definition) is 2. The van der Waals surface area contributed by atoms with Gasteiger partial charge in [0.05, 0.1) is 6.73 Å². The molecule has 0 fully saturated rings. The van der Waals surface area contributed by atoms with E-state index in [1.165, 1.54) is 21.9 Å². The zero-order valence-corrected chi connectivity index (χ0v) is 9.53.